The Morgan fingerprint density at radius 2 is 1.67 bits per heavy atom. The second-order valence-corrected chi connectivity index (χ2v) is 7.53. The predicted molar refractivity (Wildman–Crippen MR) is 86.2 cm³/mol. The summed E-state index contributed by atoms with van der Waals surface area (Å²) in [6, 6.07) is 1.26. The van der Waals surface area contributed by atoms with Crippen molar-refractivity contribution in [1.82, 2.24) is 15.0 Å². The summed E-state index contributed by atoms with van der Waals surface area (Å²) < 4.78 is 63.7. The van der Waals surface area contributed by atoms with Gasteiger partial charge in [-0.25, -0.2) is 9.97 Å². The predicted octanol–water partition coefficient (Wildman–Crippen LogP) is -4.44. The second-order valence-electron chi connectivity index (χ2n) is 4.71. The van der Waals surface area contributed by atoms with E-state index in [2.05, 4.69) is 25.6 Å². The zero-order valence-electron chi connectivity index (χ0n) is 13.8. The molecule has 1 aromatic heterocycles. The largest absolute Gasteiger partial charge is 1.00 e. The maximum absolute atomic E-state index is 11.5. The van der Waals surface area contributed by atoms with Crippen LogP contribution in [0.25, 0.3) is 0 Å². The molecule has 0 fully saturated rings. The van der Waals surface area contributed by atoms with Crippen molar-refractivity contribution in [3.63, 3.8) is 0 Å². The van der Waals surface area contributed by atoms with Crippen LogP contribution in [0.3, 0.4) is 0 Å². The number of nitrogens with two attached hydrogens (primary N) is 1. The Morgan fingerprint density at radius 3 is 2.22 bits per heavy atom. The van der Waals surface area contributed by atoms with Crippen LogP contribution >= 0.6 is 0 Å². The van der Waals surface area contributed by atoms with Gasteiger partial charge >= 0.3 is 51.4 Å². The van der Waals surface area contributed by atoms with E-state index >= 15 is 0 Å². The van der Waals surface area contributed by atoms with Gasteiger partial charge in [-0.2, -0.15) is 21.8 Å². The van der Waals surface area contributed by atoms with Gasteiger partial charge in [-0.3, -0.25) is 9.11 Å². The van der Waals surface area contributed by atoms with Gasteiger partial charge in [-0.1, -0.05) is 0 Å². The molecule has 0 amide bonds. The average molecular weight is 444 g/mol. The van der Waals surface area contributed by atoms with E-state index in [4.69, 9.17) is 10.3 Å². The molecular formula is C11H13KN6O7S2. The van der Waals surface area contributed by atoms with Gasteiger partial charge in [0, 0.05) is 13.1 Å². The summed E-state index contributed by atoms with van der Waals surface area (Å²) in [6.45, 7) is 0.448. The summed E-state index contributed by atoms with van der Waals surface area (Å²) in [5.74, 6) is -0.584. The molecule has 0 saturated heterocycles. The number of aromatic nitrogens is 3. The van der Waals surface area contributed by atoms with E-state index in [9.17, 15) is 26.5 Å². The molecule has 6 N–H and O–H groups in total. The molecule has 0 aliphatic rings. The Bertz CT molecular complexity index is 1030. The van der Waals surface area contributed by atoms with Crippen molar-refractivity contribution in [2.75, 3.05) is 23.7 Å². The number of hydrogen-bond acceptors (Lipinski definition) is 11. The molecule has 16 heteroatoms. The van der Waals surface area contributed by atoms with Gasteiger partial charge in [0.2, 0.25) is 11.9 Å². The molecule has 0 aliphatic carbocycles. The Labute approximate surface area is 196 Å². The molecule has 27 heavy (non-hydrogen) atoms. The topological polar surface area (TPSA) is 221 Å². The van der Waals surface area contributed by atoms with Crippen molar-refractivity contribution in [2.24, 2.45) is 5.73 Å². The molecule has 2 rings (SSSR count). The molecule has 2 aromatic rings. The smallest absolute Gasteiger partial charge is 0.844 e. The molecule has 13 nitrogen and oxygen atoms in total. The first kappa shape index (κ1) is 24.1. The maximum Gasteiger partial charge on any atom is 1.00 e. The van der Waals surface area contributed by atoms with Gasteiger partial charge in [0.15, 0.2) is 0 Å². The molecule has 0 saturated carbocycles. The van der Waals surface area contributed by atoms with E-state index in [1.165, 1.54) is 0 Å². The average Bonchev–Trinajstić information content (AvgIpc) is 2.50. The minimum Gasteiger partial charge on any atom is -0.844 e. The van der Waals surface area contributed by atoms with E-state index < -0.39 is 47.7 Å². The number of rotatable bonds is 7. The molecule has 0 unspecified atom stereocenters. The third kappa shape index (κ3) is 6.86. The van der Waals surface area contributed by atoms with Crippen molar-refractivity contribution < 1.29 is 82.4 Å². The van der Waals surface area contributed by atoms with E-state index in [1.54, 1.807) is 0 Å². The Balaban J connectivity index is 0.00000364. The van der Waals surface area contributed by atoms with Gasteiger partial charge in [-0.05, 0) is 18.2 Å². The third-order valence-corrected chi connectivity index (χ3v) is 4.58. The standard InChI is InChI=1S/C11H14N6O7S2.K/c12-3-4-13-9-15-10(17-11(18)16-9)14-7-5-6(25(19,20)21)1-2-8(7)26(22,23)24;/h1-2,5H,3-4,12H2,(H,19,20,21)(H,22,23,24)(H3,13,14,15,16,17,18);/q;+1/p-1. The molecule has 0 spiro atoms. The molecule has 142 valence electrons. The van der Waals surface area contributed by atoms with Crippen LogP contribution in [0.4, 0.5) is 17.6 Å². The van der Waals surface area contributed by atoms with E-state index in [-0.39, 0.29) is 70.4 Å². The van der Waals surface area contributed by atoms with Crippen LogP contribution in [-0.4, -0.2) is 54.0 Å². The van der Waals surface area contributed by atoms with Crippen molar-refractivity contribution in [2.45, 2.75) is 9.79 Å². The number of anilines is 3. The first-order valence-electron chi connectivity index (χ1n) is 6.74. The van der Waals surface area contributed by atoms with Crippen LogP contribution in [0.5, 0.6) is 6.01 Å². The Hall–Kier alpha value is -0.954. The van der Waals surface area contributed by atoms with Gasteiger partial charge in [0.1, 0.15) is 4.90 Å². The Morgan fingerprint density at radius 1 is 1.04 bits per heavy atom. The van der Waals surface area contributed by atoms with Crippen molar-refractivity contribution in [1.29, 1.82) is 0 Å². The summed E-state index contributed by atoms with van der Waals surface area (Å²) in [7, 11) is -9.44. The molecular weight excluding hydrogens is 431 g/mol. The van der Waals surface area contributed by atoms with Crippen LogP contribution in [0.2, 0.25) is 0 Å². The molecule has 0 aliphatic heterocycles. The van der Waals surface area contributed by atoms with Crippen LogP contribution in [0.15, 0.2) is 28.0 Å². The molecule has 0 bridgehead atoms. The van der Waals surface area contributed by atoms with Crippen LogP contribution < -0.4 is 72.9 Å². The number of nitrogens with zero attached hydrogens (tertiary/aromatic N) is 3. The number of hydrogen-bond donors (Lipinski definition) is 5. The second kappa shape index (κ2) is 9.50. The van der Waals surface area contributed by atoms with E-state index in [0.717, 1.165) is 18.2 Å². The van der Waals surface area contributed by atoms with Crippen molar-refractivity contribution in [3.05, 3.63) is 18.2 Å². The zero-order chi connectivity index (χ0) is 19.5. The monoisotopic (exact) mass is 444 g/mol. The van der Waals surface area contributed by atoms with Gasteiger partial charge in [-0.15, -0.1) is 0 Å². The first-order valence-corrected chi connectivity index (χ1v) is 9.62. The van der Waals surface area contributed by atoms with Crippen molar-refractivity contribution >= 4 is 37.8 Å². The van der Waals surface area contributed by atoms with Gasteiger partial charge < -0.3 is 21.5 Å². The van der Waals surface area contributed by atoms with Gasteiger partial charge in [0.05, 0.1) is 16.6 Å². The Kier molecular flexibility index (Phi) is 8.47. The fourth-order valence-electron chi connectivity index (χ4n) is 1.79. The third-order valence-electron chi connectivity index (χ3n) is 2.82. The summed E-state index contributed by atoms with van der Waals surface area (Å²) in [5.41, 5.74) is 4.81. The van der Waals surface area contributed by atoms with E-state index in [0.29, 0.717) is 0 Å². The van der Waals surface area contributed by atoms with Crippen LogP contribution in [0.1, 0.15) is 0 Å². The summed E-state index contributed by atoms with van der Waals surface area (Å²) in [4.78, 5) is 9.26. The normalized spacial score (nSPS) is 11.5. The summed E-state index contributed by atoms with van der Waals surface area (Å²) in [5, 5.41) is 16.4. The molecule has 0 radical (unpaired) electrons. The van der Waals surface area contributed by atoms with Gasteiger partial charge in [0.25, 0.3) is 20.2 Å². The number of nitrogens with one attached hydrogen (secondary N) is 2. The molecule has 0 atom stereocenters. The summed E-state index contributed by atoms with van der Waals surface area (Å²) in [6.07, 6.45) is 0. The first-order chi connectivity index (χ1) is 12.0. The van der Waals surface area contributed by atoms with E-state index in [1.807, 2.05) is 0 Å². The SMILES string of the molecule is NCCNc1nc([O-])nc(Nc2cc(S(=O)(=O)O)ccc2S(=O)(=O)O)n1.[K+]. The van der Waals surface area contributed by atoms with Crippen molar-refractivity contribution in [3.8, 4) is 6.01 Å². The van der Waals surface area contributed by atoms with Crippen LogP contribution in [0, 0.1) is 0 Å². The zero-order valence-corrected chi connectivity index (χ0v) is 18.6. The minimum absolute atomic E-state index is 0. The molecule has 1 heterocycles. The van der Waals surface area contributed by atoms with Crippen LogP contribution in [-0.2, 0) is 20.2 Å². The fourth-order valence-corrected chi connectivity index (χ4v) is 2.92. The number of benzene rings is 1. The quantitative estimate of drug-likeness (QED) is 0.201. The summed E-state index contributed by atoms with van der Waals surface area (Å²) >= 11 is 0. The fraction of sp³-hybridized carbons (Fsp3) is 0.182. The minimum atomic E-state index is -4.77. The maximum atomic E-state index is 11.5. The molecule has 1 aromatic carbocycles.